The summed E-state index contributed by atoms with van der Waals surface area (Å²) >= 11 is 6.41. The number of fused-ring (bicyclic) bond motifs is 2. The van der Waals surface area contributed by atoms with Gasteiger partial charge in [0.05, 0.1) is 44.1 Å². The van der Waals surface area contributed by atoms with Crippen LogP contribution in [-0.4, -0.2) is 82.9 Å². The molecule has 2 atom stereocenters. The number of likely N-dealkylation sites (tertiary alicyclic amines) is 2. The average molecular weight is 849 g/mol. The minimum atomic E-state index is -4.57. The van der Waals surface area contributed by atoms with Gasteiger partial charge in [-0.05, 0) is 106 Å². The van der Waals surface area contributed by atoms with Crippen molar-refractivity contribution < 1.29 is 22.8 Å². The summed E-state index contributed by atoms with van der Waals surface area (Å²) in [4.78, 5) is 41.0. The molecule has 10 nitrogen and oxygen atoms in total. The fourth-order valence-corrected chi connectivity index (χ4v) is 8.76. The maximum atomic E-state index is 14.1. The number of anilines is 4. The van der Waals surface area contributed by atoms with Crippen molar-refractivity contribution in [2.24, 2.45) is 0 Å². The number of amides is 2. The Morgan fingerprint density at radius 2 is 1.31 bits per heavy atom. The van der Waals surface area contributed by atoms with Crippen LogP contribution in [0.2, 0.25) is 5.02 Å². The van der Waals surface area contributed by atoms with Crippen LogP contribution in [0.4, 0.5) is 35.9 Å². The van der Waals surface area contributed by atoms with E-state index in [9.17, 15) is 22.8 Å². The first-order chi connectivity index (χ1) is 29.5. The molecule has 2 unspecified atom stereocenters. The molecule has 316 valence electrons. The number of halogens is 4. The lowest BCUT2D eigenvalue weighted by atomic mass is 10.0. The number of nitrogens with zero attached hydrogens (tertiary/aromatic N) is 4. The van der Waals surface area contributed by atoms with Gasteiger partial charge in [-0.2, -0.15) is 13.2 Å². The molecule has 2 aromatic heterocycles. The standard InChI is InChI=1S/C47H48ClF3N8O2/c1-2-58-24-7-9-31(28-58)55-46(61)36-27-30(17-18-40(36)57-41-19-22-52-43-33(41)12-5-14-37(43)47(49,50)51)21-26-59-25-8-10-32(29-59)54-45(60)35-11-3-4-16-39(35)56-42-20-23-53-44-34(42)13-6-15-38(44)48/h3-6,11-20,22-23,27,31-32H,2,7-10,21,24-26,28-29H2,1H3,(H,52,57)(H,53,56)(H,54,60)(H,55,61). The SMILES string of the molecule is CCN1CCCC(NC(=O)c2cc(CCN3CCCC(NC(=O)c4ccccc4Nc4ccnc5c(Cl)cccc45)C3)ccc2Nc2ccnc3c(C(F)(F)F)cccc23)C1. The fourth-order valence-electron chi connectivity index (χ4n) is 8.54. The third-order valence-corrected chi connectivity index (χ3v) is 12.0. The fraction of sp³-hybridized carbons (Fsp3) is 0.319. The van der Waals surface area contributed by atoms with Gasteiger partial charge in [0.25, 0.3) is 11.8 Å². The predicted molar refractivity (Wildman–Crippen MR) is 236 cm³/mol. The first-order valence-corrected chi connectivity index (χ1v) is 21.2. The number of piperidine rings is 2. The first-order valence-electron chi connectivity index (χ1n) is 20.8. The minimum Gasteiger partial charge on any atom is -0.354 e. The summed E-state index contributed by atoms with van der Waals surface area (Å²) in [7, 11) is 0. The van der Waals surface area contributed by atoms with E-state index in [0.717, 1.165) is 74.6 Å². The topological polar surface area (TPSA) is 115 Å². The van der Waals surface area contributed by atoms with E-state index in [4.69, 9.17) is 11.6 Å². The molecule has 4 heterocycles. The van der Waals surface area contributed by atoms with Crippen molar-refractivity contribution in [3.8, 4) is 0 Å². The molecule has 8 rings (SSSR count). The van der Waals surface area contributed by atoms with Crippen LogP contribution >= 0.6 is 11.6 Å². The minimum absolute atomic E-state index is 0.0216. The number of alkyl halides is 3. The number of carbonyl (C=O) groups is 2. The molecule has 0 saturated carbocycles. The van der Waals surface area contributed by atoms with Gasteiger partial charge in [-0.3, -0.25) is 19.6 Å². The van der Waals surface area contributed by atoms with Crippen molar-refractivity contribution in [1.29, 1.82) is 0 Å². The van der Waals surface area contributed by atoms with E-state index >= 15 is 0 Å². The lowest BCUT2D eigenvalue weighted by Gasteiger charge is -2.33. The molecule has 4 N–H and O–H groups in total. The number of nitrogens with one attached hydrogen (secondary N) is 4. The first kappa shape index (κ1) is 42.0. The molecule has 2 aliphatic rings. The summed E-state index contributed by atoms with van der Waals surface area (Å²) in [5.41, 5.74) is 3.98. The highest BCUT2D eigenvalue weighted by atomic mass is 35.5. The normalized spacial score (nSPS) is 17.6. The van der Waals surface area contributed by atoms with Gasteiger partial charge >= 0.3 is 6.18 Å². The van der Waals surface area contributed by atoms with Crippen molar-refractivity contribution in [2.45, 2.75) is 57.3 Å². The van der Waals surface area contributed by atoms with Crippen LogP contribution in [0, 0.1) is 0 Å². The summed E-state index contributed by atoms with van der Waals surface area (Å²) in [6.45, 7) is 7.01. The Balaban J connectivity index is 0.966. The van der Waals surface area contributed by atoms with E-state index in [1.54, 1.807) is 24.4 Å². The smallest absolute Gasteiger partial charge is 0.354 e. The van der Waals surface area contributed by atoms with E-state index in [-0.39, 0.29) is 29.4 Å². The highest BCUT2D eigenvalue weighted by Gasteiger charge is 2.33. The van der Waals surface area contributed by atoms with Crippen LogP contribution in [-0.2, 0) is 12.6 Å². The second-order valence-electron chi connectivity index (χ2n) is 15.8. The molecule has 14 heteroatoms. The Morgan fingerprint density at radius 3 is 2.02 bits per heavy atom. The molecule has 4 aromatic carbocycles. The van der Waals surface area contributed by atoms with Gasteiger partial charge < -0.3 is 31.1 Å². The van der Waals surface area contributed by atoms with Crippen LogP contribution in [0.1, 0.15) is 64.4 Å². The zero-order chi connectivity index (χ0) is 42.5. The van der Waals surface area contributed by atoms with E-state index in [0.29, 0.717) is 63.6 Å². The Hall–Kier alpha value is -5.76. The molecule has 6 aromatic rings. The van der Waals surface area contributed by atoms with Crippen LogP contribution in [0.5, 0.6) is 0 Å². The summed E-state index contributed by atoms with van der Waals surface area (Å²) in [6.07, 6.45) is 2.73. The second-order valence-corrected chi connectivity index (χ2v) is 16.2. The highest BCUT2D eigenvalue weighted by molar-refractivity contribution is 6.35. The monoisotopic (exact) mass is 848 g/mol. The average Bonchev–Trinajstić information content (AvgIpc) is 3.26. The van der Waals surface area contributed by atoms with Gasteiger partial charge in [-0.25, -0.2) is 0 Å². The lowest BCUT2D eigenvalue weighted by Crippen LogP contribution is -2.48. The van der Waals surface area contributed by atoms with E-state index in [1.807, 2.05) is 60.7 Å². The van der Waals surface area contributed by atoms with Crippen LogP contribution in [0.25, 0.3) is 21.8 Å². The number of rotatable bonds is 12. The number of hydrogen-bond acceptors (Lipinski definition) is 8. The highest BCUT2D eigenvalue weighted by Crippen LogP contribution is 2.37. The number of aromatic nitrogens is 2. The molecule has 2 amide bonds. The number of carbonyl (C=O) groups excluding carboxylic acids is 2. The number of likely N-dealkylation sites (N-methyl/N-ethyl adjacent to an activating group) is 1. The van der Waals surface area contributed by atoms with Crippen molar-refractivity contribution in [3.05, 3.63) is 131 Å². The van der Waals surface area contributed by atoms with Crippen LogP contribution in [0.15, 0.2) is 103 Å². The van der Waals surface area contributed by atoms with Crippen LogP contribution < -0.4 is 21.3 Å². The van der Waals surface area contributed by atoms with Crippen molar-refractivity contribution in [2.75, 3.05) is 49.9 Å². The number of para-hydroxylation sites is 3. The Kier molecular flexibility index (Phi) is 12.7. The van der Waals surface area contributed by atoms with E-state index in [1.165, 1.54) is 12.3 Å². The molecule has 0 radical (unpaired) electrons. The molecule has 0 spiro atoms. The van der Waals surface area contributed by atoms with E-state index < -0.39 is 11.7 Å². The Bertz CT molecular complexity index is 2550. The summed E-state index contributed by atoms with van der Waals surface area (Å²) in [5.74, 6) is -0.403. The molecule has 61 heavy (non-hydrogen) atoms. The molecular formula is C47H48ClF3N8O2. The van der Waals surface area contributed by atoms with Gasteiger partial charge in [0.15, 0.2) is 0 Å². The number of pyridine rings is 2. The van der Waals surface area contributed by atoms with Gasteiger partial charge in [-0.1, -0.05) is 61.0 Å². The van der Waals surface area contributed by atoms with E-state index in [2.05, 4.69) is 48.0 Å². The number of benzene rings is 4. The van der Waals surface area contributed by atoms with Crippen molar-refractivity contribution in [1.82, 2.24) is 30.4 Å². The second kappa shape index (κ2) is 18.5. The van der Waals surface area contributed by atoms with Gasteiger partial charge in [-0.15, -0.1) is 0 Å². The quantitative estimate of drug-likeness (QED) is 0.0964. The van der Waals surface area contributed by atoms with Gasteiger partial charge in [0.1, 0.15) is 0 Å². The van der Waals surface area contributed by atoms with Crippen molar-refractivity contribution >= 4 is 68.0 Å². The summed E-state index contributed by atoms with van der Waals surface area (Å²) in [5, 5.41) is 14.9. The molecule has 0 bridgehead atoms. The van der Waals surface area contributed by atoms with Crippen LogP contribution in [0.3, 0.4) is 0 Å². The molecule has 2 aliphatic heterocycles. The molecule has 2 fully saturated rings. The summed E-state index contributed by atoms with van der Waals surface area (Å²) in [6, 6.07) is 26.1. The largest absolute Gasteiger partial charge is 0.418 e. The van der Waals surface area contributed by atoms with Gasteiger partial charge in [0.2, 0.25) is 0 Å². The van der Waals surface area contributed by atoms with Gasteiger partial charge in [0, 0.05) is 66.3 Å². The lowest BCUT2D eigenvalue weighted by molar-refractivity contribution is -0.136. The molecular weight excluding hydrogens is 801 g/mol. The Labute approximate surface area is 357 Å². The maximum Gasteiger partial charge on any atom is 0.418 e. The zero-order valence-corrected chi connectivity index (χ0v) is 34.6. The predicted octanol–water partition coefficient (Wildman–Crippen LogP) is 9.59. The maximum absolute atomic E-state index is 14.1. The molecule has 2 saturated heterocycles. The third-order valence-electron chi connectivity index (χ3n) is 11.7. The van der Waals surface area contributed by atoms with Crippen molar-refractivity contribution in [3.63, 3.8) is 0 Å². The summed E-state index contributed by atoms with van der Waals surface area (Å²) < 4.78 is 41.7. The molecule has 0 aliphatic carbocycles. The Morgan fingerprint density at radius 1 is 0.705 bits per heavy atom. The third kappa shape index (κ3) is 9.75. The number of hydrogen-bond donors (Lipinski definition) is 4. The zero-order valence-electron chi connectivity index (χ0n) is 33.9.